The smallest absolute Gasteiger partial charge is 0.341 e. The first-order valence-electron chi connectivity index (χ1n) is 5.32. The van der Waals surface area contributed by atoms with E-state index in [0.717, 1.165) is 10.2 Å². The molecule has 98 valence electrons. The fraction of sp³-hybridized carbons (Fsp3) is 0.0833. The van der Waals surface area contributed by atoms with E-state index in [1.807, 2.05) is 24.3 Å². The Balaban J connectivity index is 2.15. The zero-order chi connectivity index (χ0) is 13.8. The van der Waals surface area contributed by atoms with Crippen molar-refractivity contribution in [2.75, 3.05) is 6.61 Å². The van der Waals surface area contributed by atoms with Crippen molar-refractivity contribution in [3.63, 3.8) is 0 Å². The Kier molecular flexibility index (Phi) is 3.96. The van der Waals surface area contributed by atoms with Crippen molar-refractivity contribution in [1.82, 2.24) is 9.78 Å². The molecule has 2 N–H and O–H groups in total. The molecule has 0 saturated heterocycles. The van der Waals surface area contributed by atoms with Gasteiger partial charge < -0.3 is 10.5 Å². The van der Waals surface area contributed by atoms with Gasteiger partial charge in [-0.15, -0.1) is 0 Å². The molecule has 1 heterocycles. The number of halogens is 1. The van der Waals surface area contributed by atoms with Crippen molar-refractivity contribution in [3.05, 3.63) is 46.7 Å². The Morgan fingerprint density at radius 2 is 2.21 bits per heavy atom. The summed E-state index contributed by atoms with van der Waals surface area (Å²) in [5.74, 6) is -1.34. The Hall–Kier alpha value is -2.15. The van der Waals surface area contributed by atoms with Crippen molar-refractivity contribution in [3.8, 4) is 5.69 Å². The largest absolute Gasteiger partial charge is 0.452 e. The molecular weight excluding hydrogens is 314 g/mol. The average molecular weight is 324 g/mol. The summed E-state index contributed by atoms with van der Waals surface area (Å²) in [6.45, 7) is -0.444. The summed E-state index contributed by atoms with van der Waals surface area (Å²) in [7, 11) is 0. The number of rotatable bonds is 4. The van der Waals surface area contributed by atoms with E-state index >= 15 is 0 Å². The van der Waals surface area contributed by atoms with Crippen molar-refractivity contribution in [2.45, 2.75) is 0 Å². The van der Waals surface area contributed by atoms with E-state index in [4.69, 9.17) is 5.73 Å². The number of hydrogen-bond donors (Lipinski definition) is 1. The highest BCUT2D eigenvalue weighted by Gasteiger charge is 2.11. The van der Waals surface area contributed by atoms with Crippen molar-refractivity contribution in [1.29, 1.82) is 0 Å². The second-order valence-electron chi connectivity index (χ2n) is 3.70. The number of carbonyl (C=O) groups is 2. The number of amides is 1. The van der Waals surface area contributed by atoms with Gasteiger partial charge in [-0.2, -0.15) is 5.10 Å². The highest BCUT2D eigenvalue weighted by atomic mass is 79.9. The third kappa shape index (κ3) is 3.41. The summed E-state index contributed by atoms with van der Waals surface area (Å²) in [4.78, 5) is 22.1. The summed E-state index contributed by atoms with van der Waals surface area (Å²) in [6.07, 6.45) is 2.88. The van der Waals surface area contributed by atoms with Crippen LogP contribution >= 0.6 is 15.9 Å². The molecule has 0 atom stereocenters. The zero-order valence-electron chi connectivity index (χ0n) is 9.75. The van der Waals surface area contributed by atoms with E-state index in [9.17, 15) is 9.59 Å². The number of nitrogens with zero attached hydrogens (tertiary/aromatic N) is 2. The molecular formula is C12H10BrN3O3. The summed E-state index contributed by atoms with van der Waals surface area (Å²) >= 11 is 3.35. The predicted molar refractivity (Wildman–Crippen MR) is 70.7 cm³/mol. The maximum absolute atomic E-state index is 11.6. The molecule has 0 aliphatic carbocycles. The Bertz CT molecular complexity index is 624. The normalized spacial score (nSPS) is 10.2. The SMILES string of the molecule is NC(=O)COC(=O)c1cnn(-c2cccc(Br)c2)c1. The van der Waals surface area contributed by atoms with Crippen LogP contribution in [0, 0.1) is 0 Å². The molecule has 2 aromatic rings. The molecule has 0 aliphatic heterocycles. The van der Waals surface area contributed by atoms with E-state index in [1.54, 1.807) is 0 Å². The lowest BCUT2D eigenvalue weighted by molar-refractivity contribution is -0.121. The predicted octanol–water partition coefficient (Wildman–Crippen LogP) is 1.28. The number of ether oxygens (including phenoxy) is 1. The average Bonchev–Trinajstić information content (AvgIpc) is 2.85. The zero-order valence-corrected chi connectivity index (χ0v) is 11.3. The van der Waals surface area contributed by atoms with E-state index in [-0.39, 0.29) is 5.56 Å². The maximum Gasteiger partial charge on any atom is 0.341 e. The molecule has 0 aliphatic rings. The Labute approximate surface area is 117 Å². The fourth-order valence-electron chi connectivity index (χ4n) is 1.41. The lowest BCUT2D eigenvalue weighted by atomic mass is 10.3. The monoisotopic (exact) mass is 323 g/mol. The van der Waals surface area contributed by atoms with Crippen molar-refractivity contribution >= 4 is 27.8 Å². The molecule has 1 amide bonds. The lowest BCUT2D eigenvalue weighted by Crippen LogP contribution is -2.20. The Morgan fingerprint density at radius 1 is 1.42 bits per heavy atom. The van der Waals surface area contributed by atoms with E-state index in [2.05, 4.69) is 25.8 Å². The first kappa shape index (κ1) is 13.3. The van der Waals surface area contributed by atoms with Gasteiger partial charge in [-0.05, 0) is 18.2 Å². The third-order valence-electron chi connectivity index (χ3n) is 2.24. The molecule has 0 spiro atoms. The highest BCUT2D eigenvalue weighted by Crippen LogP contribution is 2.15. The fourth-order valence-corrected chi connectivity index (χ4v) is 1.80. The summed E-state index contributed by atoms with van der Waals surface area (Å²) in [6, 6.07) is 7.43. The minimum absolute atomic E-state index is 0.251. The number of nitrogens with two attached hydrogens (primary N) is 1. The first-order chi connectivity index (χ1) is 9.06. The van der Waals surface area contributed by atoms with Crippen LogP contribution in [0.4, 0.5) is 0 Å². The van der Waals surface area contributed by atoms with Gasteiger partial charge in [0.1, 0.15) is 0 Å². The minimum atomic E-state index is -0.701. The van der Waals surface area contributed by atoms with Crippen molar-refractivity contribution in [2.24, 2.45) is 5.73 Å². The van der Waals surface area contributed by atoms with E-state index in [0.29, 0.717) is 0 Å². The number of aromatic nitrogens is 2. The van der Waals surface area contributed by atoms with Crippen LogP contribution in [0.25, 0.3) is 5.69 Å². The van der Waals surface area contributed by atoms with Crippen LogP contribution in [0.5, 0.6) is 0 Å². The summed E-state index contributed by atoms with van der Waals surface area (Å²) in [5, 5.41) is 4.05. The van der Waals surface area contributed by atoms with Crippen LogP contribution in [0.1, 0.15) is 10.4 Å². The maximum atomic E-state index is 11.6. The summed E-state index contributed by atoms with van der Waals surface area (Å²) < 4.78 is 7.12. The number of carbonyl (C=O) groups excluding carboxylic acids is 2. The third-order valence-corrected chi connectivity index (χ3v) is 2.73. The standard InChI is InChI=1S/C12H10BrN3O3/c13-9-2-1-3-10(4-9)16-6-8(5-15-16)12(18)19-7-11(14)17/h1-6H,7H2,(H2,14,17). The molecule has 1 aromatic heterocycles. The molecule has 0 radical (unpaired) electrons. The topological polar surface area (TPSA) is 87.2 Å². The first-order valence-corrected chi connectivity index (χ1v) is 6.11. The van der Waals surface area contributed by atoms with Crippen molar-refractivity contribution < 1.29 is 14.3 Å². The quantitative estimate of drug-likeness (QED) is 0.858. The number of hydrogen-bond acceptors (Lipinski definition) is 4. The van der Waals surface area contributed by atoms with Crippen LogP contribution in [0.2, 0.25) is 0 Å². The molecule has 2 rings (SSSR count). The van der Waals surface area contributed by atoms with Gasteiger partial charge >= 0.3 is 5.97 Å². The van der Waals surface area contributed by atoms with Gasteiger partial charge in [-0.3, -0.25) is 4.79 Å². The van der Waals surface area contributed by atoms with E-state index < -0.39 is 18.5 Å². The summed E-state index contributed by atoms with van der Waals surface area (Å²) in [5.41, 5.74) is 5.94. The van der Waals surface area contributed by atoms with Gasteiger partial charge in [-0.1, -0.05) is 22.0 Å². The van der Waals surface area contributed by atoms with Gasteiger partial charge in [0.15, 0.2) is 6.61 Å². The van der Waals surface area contributed by atoms with Crippen LogP contribution in [-0.4, -0.2) is 28.3 Å². The molecule has 0 saturated carbocycles. The minimum Gasteiger partial charge on any atom is -0.452 e. The molecule has 0 bridgehead atoms. The molecule has 19 heavy (non-hydrogen) atoms. The molecule has 6 nitrogen and oxygen atoms in total. The second-order valence-corrected chi connectivity index (χ2v) is 4.61. The Morgan fingerprint density at radius 3 is 2.89 bits per heavy atom. The van der Waals surface area contributed by atoms with Gasteiger partial charge in [-0.25, -0.2) is 9.48 Å². The number of benzene rings is 1. The van der Waals surface area contributed by atoms with Gasteiger partial charge in [0.05, 0.1) is 17.4 Å². The van der Waals surface area contributed by atoms with Gasteiger partial charge in [0.2, 0.25) is 0 Å². The molecule has 0 unspecified atom stereocenters. The highest BCUT2D eigenvalue weighted by molar-refractivity contribution is 9.10. The van der Waals surface area contributed by atoms with Crippen LogP contribution in [-0.2, 0) is 9.53 Å². The lowest BCUT2D eigenvalue weighted by Gasteiger charge is -2.01. The van der Waals surface area contributed by atoms with Gasteiger partial charge in [0.25, 0.3) is 5.91 Å². The van der Waals surface area contributed by atoms with E-state index in [1.165, 1.54) is 17.1 Å². The second kappa shape index (κ2) is 5.66. The molecule has 0 fully saturated rings. The van der Waals surface area contributed by atoms with Gasteiger partial charge in [0, 0.05) is 10.7 Å². The molecule has 1 aromatic carbocycles. The van der Waals surface area contributed by atoms with Crippen LogP contribution in [0.15, 0.2) is 41.1 Å². The number of primary amides is 1. The number of esters is 1. The van der Waals surface area contributed by atoms with Crippen LogP contribution < -0.4 is 5.73 Å². The molecule has 7 heteroatoms. The van der Waals surface area contributed by atoms with Crippen LogP contribution in [0.3, 0.4) is 0 Å².